The molecule has 0 fully saturated rings. The van der Waals surface area contributed by atoms with E-state index in [9.17, 15) is 5.11 Å². The van der Waals surface area contributed by atoms with Crippen molar-refractivity contribution >= 4 is 48.3 Å². The number of phenolic OH excluding ortho intramolecular Hbond substituents is 1. The Bertz CT molecular complexity index is 536. The highest BCUT2D eigenvalue weighted by Gasteiger charge is 2.07. The first kappa shape index (κ1) is 13.8. The molecule has 0 aliphatic rings. The number of hydrogen-bond donors (Lipinski definition) is 2. The largest absolute Gasteiger partial charge is 0.506 e. The molecule has 1 aromatic carbocycles. The second-order valence-corrected chi connectivity index (χ2v) is 6.39. The third-order valence-corrected chi connectivity index (χ3v) is 4.52. The van der Waals surface area contributed by atoms with E-state index in [0.29, 0.717) is 15.5 Å². The molecular formula is C11H11Br2N3OS. The first-order valence-electron chi connectivity index (χ1n) is 5.33. The molecule has 0 aliphatic carbocycles. The van der Waals surface area contributed by atoms with Crippen LogP contribution < -0.4 is 5.32 Å². The summed E-state index contributed by atoms with van der Waals surface area (Å²) in [6.45, 7) is 2.69. The van der Waals surface area contributed by atoms with Crippen LogP contribution in [0.15, 0.2) is 21.1 Å². The van der Waals surface area contributed by atoms with Gasteiger partial charge in [-0.15, -0.1) is 10.2 Å². The van der Waals surface area contributed by atoms with Crippen LogP contribution in [0.3, 0.4) is 0 Å². The lowest BCUT2D eigenvalue weighted by atomic mass is 10.2. The Hall–Kier alpha value is -0.660. The smallest absolute Gasteiger partial charge is 0.205 e. The summed E-state index contributed by atoms with van der Waals surface area (Å²) < 4.78 is 1.33. The summed E-state index contributed by atoms with van der Waals surface area (Å²) >= 11 is 8.17. The van der Waals surface area contributed by atoms with Gasteiger partial charge in [-0.2, -0.15) is 0 Å². The number of nitrogens with one attached hydrogen (secondary N) is 1. The van der Waals surface area contributed by atoms with Crippen molar-refractivity contribution in [1.29, 1.82) is 0 Å². The Morgan fingerprint density at radius 2 is 1.94 bits per heavy atom. The number of aryl methyl sites for hydroxylation is 1. The fourth-order valence-electron chi connectivity index (χ4n) is 1.37. The molecule has 18 heavy (non-hydrogen) atoms. The van der Waals surface area contributed by atoms with E-state index in [1.54, 1.807) is 11.3 Å². The summed E-state index contributed by atoms with van der Waals surface area (Å²) in [6, 6.07) is 3.74. The van der Waals surface area contributed by atoms with Crippen LogP contribution in [-0.2, 0) is 13.0 Å². The average molecular weight is 393 g/mol. The van der Waals surface area contributed by atoms with E-state index in [4.69, 9.17) is 0 Å². The van der Waals surface area contributed by atoms with Crippen molar-refractivity contribution in [2.75, 3.05) is 5.32 Å². The van der Waals surface area contributed by atoms with Crippen LogP contribution in [0.4, 0.5) is 5.13 Å². The van der Waals surface area contributed by atoms with E-state index in [-0.39, 0.29) is 5.75 Å². The predicted molar refractivity (Wildman–Crippen MR) is 80.1 cm³/mol. The van der Waals surface area contributed by atoms with Crippen LogP contribution in [0.5, 0.6) is 5.75 Å². The number of nitrogens with zero attached hydrogens (tertiary/aromatic N) is 2. The maximum atomic E-state index is 9.62. The second kappa shape index (κ2) is 5.99. The first-order valence-corrected chi connectivity index (χ1v) is 7.73. The van der Waals surface area contributed by atoms with Gasteiger partial charge in [0.1, 0.15) is 10.8 Å². The quantitative estimate of drug-likeness (QED) is 0.827. The first-order chi connectivity index (χ1) is 8.60. The van der Waals surface area contributed by atoms with E-state index in [1.165, 1.54) is 0 Å². The van der Waals surface area contributed by atoms with E-state index in [2.05, 4.69) is 54.3 Å². The minimum Gasteiger partial charge on any atom is -0.506 e. The van der Waals surface area contributed by atoms with Crippen molar-refractivity contribution in [3.63, 3.8) is 0 Å². The van der Waals surface area contributed by atoms with Crippen molar-refractivity contribution in [3.8, 4) is 5.75 Å². The summed E-state index contributed by atoms with van der Waals surface area (Å²) in [7, 11) is 0. The molecule has 0 aliphatic heterocycles. The molecule has 0 atom stereocenters. The van der Waals surface area contributed by atoms with E-state index in [0.717, 1.165) is 22.1 Å². The zero-order valence-electron chi connectivity index (χ0n) is 9.57. The van der Waals surface area contributed by atoms with Crippen molar-refractivity contribution in [1.82, 2.24) is 10.2 Å². The summed E-state index contributed by atoms with van der Waals surface area (Å²) in [4.78, 5) is 0. The van der Waals surface area contributed by atoms with Gasteiger partial charge in [-0.3, -0.25) is 0 Å². The lowest BCUT2D eigenvalue weighted by Gasteiger charge is -2.06. The van der Waals surface area contributed by atoms with Gasteiger partial charge in [-0.25, -0.2) is 0 Å². The number of rotatable bonds is 4. The van der Waals surface area contributed by atoms with E-state index in [1.807, 2.05) is 12.1 Å². The number of hydrogen-bond acceptors (Lipinski definition) is 5. The molecule has 0 spiro atoms. The van der Waals surface area contributed by atoms with E-state index >= 15 is 0 Å². The molecule has 0 radical (unpaired) electrons. The van der Waals surface area contributed by atoms with Gasteiger partial charge < -0.3 is 10.4 Å². The third kappa shape index (κ3) is 3.21. The van der Waals surface area contributed by atoms with Crippen LogP contribution in [0, 0.1) is 0 Å². The molecule has 0 bridgehead atoms. The number of benzene rings is 1. The second-order valence-electron chi connectivity index (χ2n) is 3.62. The summed E-state index contributed by atoms with van der Waals surface area (Å²) in [6.07, 6.45) is 0.898. The molecule has 96 valence electrons. The molecule has 2 N–H and O–H groups in total. The Morgan fingerprint density at radius 3 is 2.50 bits per heavy atom. The molecule has 1 aromatic heterocycles. The maximum Gasteiger partial charge on any atom is 0.205 e. The number of phenols is 1. The Kier molecular flexibility index (Phi) is 4.58. The Morgan fingerprint density at radius 1 is 1.28 bits per heavy atom. The van der Waals surface area contributed by atoms with Gasteiger partial charge in [0.2, 0.25) is 5.13 Å². The van der Waals surface area contributed by atoms with Crippen molar-refractivity contribution in [3.05, 3.63) is 31.6 Å². The normalized spacial score (nSPS) is 10.6. The monoisotopic (exact) mass is 391 g/mol. The SMILES string of the molecule is CCc1nnc(NCc2cc(Br)c(O)c(Br)c2)s1. The molecular weight excluding hydrogens is 382 g/mol. The number of aromatic nitrogens is 2. The molecule has 2 aromatic rings. The van der Waals surface area contributed by atoms with E-state index < -0.39 is 0 Å². The number of halogens is 2. The van der Waals surface area contributed by atoms with Gasteiger partial charge in [0.25, 0.3) is 0 Å². The summed E-state index contributed by atoms with van der Waals surface area (Å²) in [5, 5.41) is 22.8. The molecule has 7 heteroatoms. The molecule has 1 heterocycles. The fourth-order valence-corrected chi connectivity index (χ4v) is 3.32. The minimum atomic E-state index is 0.211. The average Bonchev–Trinajstić information content (AvgIpc) is 2.81. The van der Waals surface area contributed by atoms with Gasteiger partial charge in [-0.05, 0) is 56.0 Å². The van der Waals surface area contributed by atoms with Crippen molar-refractivity contribution in [2.24, 2.45) is 0 Å². The van der Waals surface area contributed by atoms with Gasteiger partial charge in [-0.1, -0.05) is 18.3 Å². The van der Waals surface area contributed by atoms with Crippen molar-refractivity contribution < 1.29 is 5.11 Å². The molecule has 2 rings (SSSR count). The minimum absolute atomic E-state index is 0.211. The topological polar surface area (TPSA) is 58.0 Å². The Labute approximate surface area is 126 Å². The van der Waals surface area contributed by atoms with Crippen LogP contribution >= 0.6 is 43.2 Å². The predicted octanol–water partition coefficient (Wildman–Crippen LogP) is 3.94. The van der Waals surface area contributed by atoms with Crippen LogP contribution in [0.25, 0.3) is 0 Å². The van der Waals surface area contributed by atoms with Gasteiger partial charge >= 0.3 is 0 Å². The molecule has 0 unspecified atom stereocenters. The highest BCUT2D eigenvalue weighted by atomic mass is 79.9. The van der Waals surface area contributed by atoms with Gasteiger partial charge in [0, 0.05) is 6.54 Å². The molecule has 4 nitrogen and oxygen atoms in total. The lowest BCUT2D eigenvalue weighted by molar-refractivity contribution is 0.468. The third-order valence-electron chi connectivity index (χ3n) is 2.29. The van der Waals surface area contributed by atoms with Crippen molar-refractivity contribution in [2.45, 2.75) is 19.9 Å². The molecule has 0 saturated carbocycles. The fraction of sp³-hybridized carbons (Fsp3) is 0.273. The van der Waals surface area contributed by atoms with Gasteiger partial charge in [0.15, 0.2) is 0 Å². The summed E-state index contributed by atoms with van der Waals surface area (Å²) in [5.41, 5.74) is 1.04. The number of aromatic hydroxyl groups is 1. The zero-order chi connectivity index (χ0) is 13.1. The zero-order valence-corrected chi connectivity index (χ0v) is 13.6. The highest BCUT2D eigenvalue weighted by Crippen LogP contribution is 2.33. The number of anilines is 1. The molecule has 0 saturated heterocycles. The molecule has 0 amide bonds. The standard InChI is InChI=1S/C11H11Br2N3OS/c1-2-9-15-16-11(18-9)14-5-6-3-7(12)10(17)8(13)4-6/h3-4,17H,2,5H2,1H3,(H,14,16). The Balaban J connectivity index is 2.06. The van der Waals surface area contributed by atoms with Crippen LogP contribution in [0.2, 0.25) is 0 Å². The maximum absolute atomic E-state index is 9.62. The summed E-state index contributed by atoms with van der Waals surface area (Å²) in [5.74, 6) is 0.211. The lowest BCUT2D eigenvalue weighted by Crippen LogP contribution is -1.99. The van der Waals surface area contributed by atoms with Gasteiger partial charge in [0.05, 0.1) is 8.95 Å². The van der Waals surface area contributed by atoms with Crippen LogP contribution in [-0.4, -0.2) is 15.3 Å². The van der Waals surface area contributed by atoms with Crippen LogP contribution in [0.1, 0.15) is 17.5 Å². The highest BCUT2D eigenvalue weighted by molar-refractivity contribution is 9.11.